The van der Waals surface area contributed by atoms with Gasteiger partial charge in [-0.1, -0.05) is 35.5 Å². The lowest BCUT2D eigenvalue weighted by molar-refractivity contribution is -0.0363. The molecule has 0 saturated carbocycles. The van der Waals surface area contributed by atoms with Gasteiger partial charge < -0.3 is 14.2 Å². The molecule has 2 fully saturated rings. The first-order valence-corrected chi connectivity index (χ1v) is 16.9. The van der Waals surface area contributed by atoms with Crippen LogP contribution < -0.4 is 4.90 Å². The fraction of sp³-hybridized carbons (Fsp3) is 0.306. The van der Waals surface area contributed by atoms with E-state index in [1.807, 2.05) is 24.5 Å². The van der Waals surface area contributed by atoms with E-state index >= 15 is 0 Å². The zero-order valence-electron chi connectivity index (χ0n) is 25.3. The van der Waals surface area contributed by atoms with Crippen molar-refractivity contribution in [1.82, 2.24) is 29.4 Å². The number of allylic oxidation sites excluding steroid dienone is 1. The third-order valence-corrected chi connectivity index (χ3v) is 10.6. The van der Waals surface area contributed by atoms with E-state index in [0.717, 1.165) is 72.0 Å². The summed E-state index contributed by atoms with van der Waals surface area (Å²) in [5.41, 5.74) is 3.19. The molecule has 1 aromatic carbocycles. The second-order valence-corrected chi connectivity index (χ2v) is 13.0. The van der Waals surface area contributed by atoms with E-state index in [1.54, 1.807) is 6.26 Å². The van der Waals surface area contributed by atoms with E-state index < -0.39 is 11.2 Å². The monoisotopic (exact) mass is 627 g/mol. The molecule has 0 N–H and O–H groups in total. The third-order valence-electron chi connectivity index (χ3n) is 10.1. The average molecular weight is 628 g/mol. The van der Waals surface area contributed by atoms with Crippen molar-refractivity contribution in [2.24, 2.45) is 5.92 Å². The second kappa shape index (κ2) is 11.1. The van der Waals surface area contributed by atoms with Gasteiger partial charge in [0.05, 0.1) is 30.3 Å². The molecule has 0 bridgehead atoms. The molecule has 9 rings (SSSR count). The van der Waals surface area contributed by atoms with E-state index in [9.17, 15) is 0 Å². The number of anilines is 1. The quantitative estimate of drug-likeness (QED) is 0.194. The van der Waals surface area contributed by atoms with Crippen molar-refractivity contribution in [2.45, 2.75) is 36.9 Å². The highest BCUT2D eigenvalue weighted by atomic mass is 32.1. The van der Waals surface area contributed by atoms with Crippen LogP contribution in [0, 0.1) is 5.92 Å². The van der Waals surface area contributed by atoms with E-state index in [2.05, 4.69) is 75.9 Å². The highest BCUT2D eigenvalue weighted by molar-refractivity contribution is 7.03. The van der Waals surface area contributed by atoms with Crippen LogP contribution in [0.4, 0.5) is 5.82 Å². The molecule has 3 atom stereocenters. The highest BCUT2D eigenvalue weighted by Gasteiger charge is 2.65. The molecular weight excluding hydrogens is 595 g/mol. The van der Waals surface area contributed by atoms with E-state index in [1.165, 1.54) is 17.1 Å². The summed E-state index contributed by atoms with van der Waals surface area (Å²) in [5, 5.41) is 10.0. The molecule has 9 nitrogen and oxygen atoms in total. The standard InChI is InChI=1S/C36H33N7O2S/c1-3-9-28-25(6-1)13-17-37-33(28)35(30-15-23-46-41-30)24-27-7-2-4-10-29(27)36(42-18-21-44-22-19-42,43(35)32-14-20-45-40-32)31-12-11-26-8-5-16-38-34(26)39-31/h1,3,5-6,8-17,20,23,27H,2,4,7,18-19,21-22,24H2. The molecule has 0 amide bonds. The first-order chi connectivity index (χ1) is 22.8. The molecule has 0 radical (unpaired) electrons. The van der Waals surface area contributed by atoms with Gasteiger partial charge >= 0.3 is 0 Å². The largest absolute Gasteiger partial charge is 0.379 e. The van der Waals surface area contributed by atoms with Gasteiger partial charge in [0.25, 0.3) is 0 Å². The summed E-state index contributed by atoms with van der Waals surface area (Å²) < 4.78 is 16.9. The van der Waals surface area contributed by atoms with Crippen LogP contribution in [-0.2, 0) is 15.9 Å². The molecule has 7 heterocycles. The molecule has 3 aliphatic rings. The van der Waals surface area contributed by atoms with Crippen molar-refractivity contribution in [3.8, 4) is 0 Å². The number of ether oxygens (including phenoxy) is 1. The van der Waals surface area contributed by atoms with Crippen LogP contribution in [-0.4, -0.2) is 55.7 Å². The number of hydrogen-bond acceptors (Lipinski definition) is 10. The maximum Gasteiger partial charge on any atom is 0.175 e. The minimum atomic E-state index is -0.863. The van der Waals surface area contributed by atoms with Crippen LogP contribution in [0.5, 0.6) is 0 Å². The number of benzene rings is 1. The van der Waals surface area contributed by atoms with Crippen LogP contribution in [0.1, 0.15) is 42.8 Å². The van der Waals surface area contributed by atoms with Gasteiger partial charge in [-0.3, -0.25) is 9.88 Å². The maximum atomic E-state index is 6.00. The first kappa shape index (κ1) is 27.8. The van der Waals surface area contributed by atoms with Crippen molar-refractivity contribution < 1.29 is 9.26 Å². The summed E-state index contributed by atoms with van der Waals surface area (Å²) in [5.74, 6) is 0.950. The van der Waals surface area contributed by atoms with E-state index in [-0.39, 0.29) is 5.92 Å². The zero-order valence-corrected chi connectivity index (χ0v) is 26.1. The minimum Gasteiger partial charge on any atom is -0.379 e. The lowest BCUT2D eigenvalue weighted by atomic mass is 9.63. The lowest BCUT2D eigenvalue weighted by Gasteiger charge is -2.64. The summed E-state index contributed by atoms with van der Waals surface area (Å²) in [4.78, 5) is 20.5. The molecular formula is C36H33N7O2S. The molecule has 6 aromatic rings. The van der Waals surface area contributed by atoms with Crippen molar-refractivity contribution >= 4 is 39.2 Å². The Kier molecular flexibility index (Phi) is 6.69. The lowest BCUT2D eigenvalue weighted by Crippen LogP contribution is -2.72. The fourth-order valence-electron chi connectivity index (χ4n) is 8.32. The number of nitrogens with zero attached hydrogens (tertiary/aromatic N) is 7. The summed E-state index contributed by atoms with van der Waals surface area (Å²) in [6.07, 6.45) is 11.9. The molecule has 10 heteroatoms. The minimum absolute atomic E-state index is 0.239. The van der Waals surface area contributed by atoms with Gasteiger partial charge in [0, 0.05) is 47.7 Å². The number of hydrogen-bond donors (Lipinski definition) is 0. The molecule has 2 saturated heterocycles. The van der Waals surface area contributed by atoms with Crippen LogP contribution >= 0.6 is 11.5 Å². The highest BCUT2D eigenvalue weighted by Crippen LogP contribution is 2.61. The second-order valence-electron chi connectivity index (χ2n) is 12.3. The van der Waals surface area contributed by atoms with Crippen molar-refractivity contribution in [3.63, 3.8) is 0 Å². The normalized spacial score (nSPS) is 25.4. The number of piperidine rings is 1. The molecule has 46 heavy (non-hydrogen) atoms. The molecule has 230 valence electrons. The van der Waals surface area contributed by atoms with Crippen molar-refractivity contribution in [2.75, 3.05) is 31.2 Å². The third kappa shape index (κ3) is 4.03. The fourth-order valence-corrected chi connectivity index (χ4v) is 8.90. The van der Waals surface area contributed by atoms with E-state index in [4.69, 9.17) is 33.7 Å². The van der Waals surface area contributed by atoms with Crippen molar-refractivity contribution in [3.05, 3.63) is 119 Å². The van der Waals surface area contributed by atoms with Gasteiger partial charge in [-0.2, -0.15) is 4.37 Å². The Labute approximate surface area is 270 Å². The maximum absolute atomic E-state index is 6.00. The Morgan fingerprint density at radius 2 is 1.78 bits per heavy atom. The number of pyridine rings is 3. The van der Waals surface area contributed by atoms with Crippen LogP contribution in [0.15, 0.2) is 107 Å². The Morgan fingerprint density at radius 1 is 0.870 bits per heavy atom. The smallest absolute Gasteiger partial charge is 0.175 e. The summed E-state index contributed by atoms with van der Waals surface area (Å²) in [6, 6.07) is 23.1. The zero-order chi connectivity index (χ0) is 30.6. The molecule has 0 spiro atoms. The molecule has 2 aliphatic heterocycles. The number of morpholine rings is 1. The van der Waals surface area contributed by atoms with Crippen LogP contribution in [0.25, 0.3) is 21.8 Å². The predicted molar refractivity (Wildman–Crippen MR) is 177 cm³/mol. The Hall–Kier alpha value is -4.51. The average Bonchev–Trinajstić information content (AvgIpc) is 3.87. The van der Waals surface area contributed by atoms with Gasteiger partial charge in [-0.25, -0.2) is 9.97 Å². The summed E-state index contributed by atoms with van der Waals surface area (Å²) >= 11 is 1.47. The molecule has 1 aliphatic carbocycles. The Bertz CT molecular complexity index is 2040. The van der Waals surface area contributed by atoms with Crippen LogP contribution in [0.3, 0.4) is 0 Å². The number of aromatic nitrogens is 5. The topological polar surface area (TPSA) is 93.3 Å². The summed E-state index contributed by atoms with van der Waals surface area (Å²) in [6.45, 7) is 2.68. The van der Waals surface area contributed by atoms with Crippen LogP contribution in [0.2, 0.25) is 0 Å². The Balaban J connectivity index is 1.46. The van der Waals surface area contributed by atoms with Crippen molar-refractivity contribution in [1.29, 1.82) is 0 Å². The number of fused-ring (bicyclic) bond motifs is 3. The number of rotatable bonds is 5. The van der Waals surface area contributed by atoms with E-state index in [0.29, 0.717) is 24.7 Å². The SMILES string of the molecule is C1=C2C(CCC1)CC(c1ccsn1)(c1nccc3ccccc13)N(c1ccon1)C2(c1ccc2cccnc2n1)N1CCOCC1. The molecule has 3 unspecified atom stereocenters. The summed E-state index contributed by atoms with van der Waals surface area (Å²) in [7, 11) is 0. The van der Waals surface area contributed by atoms with Gasteiger partial charge in [0.2, 0.25) is 0 Å². The molecule has 5 aromatic heterocycles. The first-order valence-electron chi connectivity index (χ1n) is 16.0. The predicted octanol–water partition coefficient (Wildman–Crippen LogP) is 6.69. The Morgan fingerprint density at radius 3 is 2.65 bits per heavy atom. The van der Waals surface area contributed by atoms with Gasteiger partial charge in [0.15, 0.2) is 17.1 Å². The van der Waals surface area contributed by atoms with Gasteiger partial charge in [0.1, 0.15) is 11.8 Å². The van der Waals surface area contributed by atoms with Gasteiger partial charge in [-0.05, 0) is 90.5 Å². The van der Waals surface area contributed by atoms with Gasteiger partial charge in [-0.15, -0.1) is 0 Å².